The minimum Gasteiger partial charge on any atom is -0.394 e. The Kier molecular flexibility index (Phi) is 58.9. The van der Waals surface area contributed by atoms with Gasteiger partial charge in [-0.25, -0.2) is 0 Å². The third kappa shape index (κ3) is 50.1. The number of ether oxygens (including phenoxy) is 2. The van der Waals surface area contributed by atoms with E-state index < -0.39 is 49.5 Å². The van der Waals surface area contributed by atoms with E-state index >= 15 is 0 Å². The Labute approximate surface area is 506 Å². The predicted molar refractivity (Wildman–Crippen MR) is 350 cm³/mol. The molecule has 1 heterocycles. The molecule has 0 aromatic heterocycles. The summed E-state index contributed by atoms with van der Waals surface area (Å²) in [4.78, 5) is 13.1. The van der Waals surface area contributed by atoms with Gasteiger partial charge in [0.25, 0.3) is 0 Å². The second kappa shape index (κ2) is 62.0. The Hall–Kier alpha value is -2.11. The summed E-state index contributed by atoms with van der Waals surface area (Å²) < 4.78 is 11.4. The lowest BCUT2D eigenvalue weighted by atomic mass is 9.99. The van der Waals surface area contributed by atoms with Crippen LogP contribution in [0, 0.1) is 0 Å². The van der Waals surface area contributed by atoms with E-state index in [9.17, 15) is 30.3 Å². The van der Waals surface area contributed by atoms with Crippen molar-refractivity contribution < 1.29 is 39.8 Å². The molecule has 0 radical (unpaired) electrons. The molecule has 0 saturated carbocycles. The van der Waals surface area contributed by atoms with Gasteiger partial charge in [-0.1, -0.05) is 338 Å². The third-order valence-electron chi connectivity index (χ3n) is 16.9. The van der Waals surface area contributed by atoms with Crippen molar-refractivity contribution in [3.63, 3.8) is 0 Å². The molecule has 1 amide bonds. The number of unbranched alkanes of at least 4 members (excludes halogenated alkanes) is 42. The quantitative estimate of drug-likeness (QED) is 0.0261. The van der Waals surface area contributed by atoms with Crippen LogP contribution < -0.4 is 5.32 Å². The molecule has 9 heteroatoms. The second-order valence-electron chi connectivity index (χ2n) is 24.7. The van der Waals surface area contributed by atoms with E-state index in [1.807, 2.05) is 0 Å². The minimum atomic E-state index is -1.55. The molecule has 1 aliphatic heterocycles. The number of nitrogens with one attached hydrogen (secondary N) is 1. The first kappa shape index (κ1) is 77.9. The van der Waals surface area contributed by atoms with Crippen LogP contribution >= 0.6 is 0 Å². The number of aliphatic hydroxyl groups is 5. The maximum absolute atomic E-state index is 13.1. The van der Waals surface area contributed by atoms with Crippen LogP contribution in [-0.4, -0.2) is 87.5 Å². The molecule has 0 bridgehead atoms. The highest BCUT2D eigenvalue weighted by atomic mass is 16.7. The van der Waals surface area contributed by atoms with Crippen molar-refractivity contribution in [3.05, 3.63) is 60.8 Å². The normalized spacial score (nSPS) is 18.6. The van der Waals surface area contributed by atoms with Crippen molar-refractivity contribution in [3.8, 4) is 0 Å². The molecular formula is C73H135NO8. The second-order valence-corrected chi connectivity index (χ2v) is 24.7. The molecule has 7 atom stereocenters. The fraction of sp³-hybridized carbons (Fsp3) is 0.849. The minimum absolute atomic E-state index is 0.134. The maximum atomic E-state index is 13.1. The number of allylic oxidation sites excluding steroid dienone is 10. The van der Waals surface area contributed by atoms with Crippen LogP contribution in [0.2, 0.25) is 0 Å². The summed E-state index contributed by atoms with van der Waals surface area (Å²) in [5, 5.41) is 54.9. The summed E-state index contributed by atoms with van der Waals surface area (Å²) >= 11 is 0. The van der Waals surface area contributed by atoms with Gasteiger partial charge in [-0.05, 0) is 57.8 Å². The fourth-order valence-electron chi connectivity index (χ4n) is 11.4. The van der Waals surface area contributed by atoms with Crippen molar-refractivity contribution in [2.24, 2.45) is 0 Å². The Morgan fingerprint density at radius 2 is 0.756 bits per heavy atom. The smallest absolute Gasteiger partial charge is 0.220 e. The number of rotatable bonds is 62. The van der Waals surface area contributed by atoms with Gasteiger partial charge in [-0.2, -0.15) is 0 Å². The first-order valence-electron chi connectivity index (χ1n) is 35.5. The molecule has 480 valence electrons. The van der Waals surface area contributed by atoms with Crippen LogP contribution in [0.1, 0.15) is 341 Å². The highest BCUT2D eigenvalue weighted by Gasteiger charge is 2.44. The van der Waals surface area contributed by atoms with E-state index in [-0.39, 0.29) is 12.5 Å². The number of hydrogen-bond donors (Lipinski definition) is 6. The van der Waals surface area contributed by atoms with Crippen molar-refractivity contribution >= 4 is 5.91 Å². The van der Waals surface area contributed by atoms with E-state index in [0.29, 0.717) is 12.8 Å². The number of amides is 1. The fourth-order valence-corrected chi connectivity index (χ4v) is 11.4. The van der Waals surface area contributed by atoms with Gasteiger partial charge in [0.15, 0.2) is 6.29 Å². The maximum Gasteiger partial charge on any atom is 0.220 e. The van der Waals surface area contributed by atoms with Crippen LogP contribution in [0.3, 0.4) is 0 Å². The van der Waals surface area contributed by atoms with Gasteiger partial charge < -0.3 is 40.3 Å². The molecule has 9 nitrogen and oxygen atoms in total. The first-order valence-corrected chi connectivity index (χ1v) is 35.5. The zero-order valence-corrected chi connectivity index (χ0v) is 53.8. The molecule has 0 aliphatic carbocycles. The molecule has 0 aromatic carbocycles. The van der Waals surface area contributed by atoms with Gasteiger partial charge >= 0.3 is 0 Å². The van der Waals surface area contributed by atoms with Gasteiger partial charge in [0, 0.05) is 6.42 Å². The predicted octanol–water partition coefficient (Wildman–Crippen LogP) is 19.4. The molecule has 6 N–H and O–H groups in total. The lowest BCUT2D eigenvalue weighted by Gasteiger charge is -2.40. The summed E-state index contributed by atoms with van der Waals surface area (Å²) in [5.74, 6) is -0.138. The van der Waals surface area contributed by atoms with E-state index in [4.69, 9.17) is 9.47 Å². The number of carbonyl (C=O) groups excluding carboxylic acids is 1. The molecule has 1 saturated heterocycles. The van der Waals surface area contributed by atoms with Gasteiger partial charge in [0.2, 0.25) is 5.91 Å². The lowest BCUT2D eigenvalue weighted by Crippen LogP contribution is -2.60. The number of aliphatic hydroxyl groups excluding tert-OH is 5. The van der Waals surface area contributed by atoms with Crippen molar-refractivity contribution in [1.82, 2.24) is 5.32 Å². The average molecular weight is 1150 g/mol. The summed E-state index contributed by atoms with van der Waals surface area (Å²) in [6, 6.07) is -0.719. The van der Waals surface area contributed by atoms with E-state index in [1.54, 1.807) is 0 Å². The van der Waals surface area contributed by atoms with Gasteiger partial charge in [0.1, 0.15) is 24.4 Å². The Balaban J connectivity index is 2.05. The van der Waals surface area contributed by atoms with Crippen LogP contribution in [-0.2, 0) is 14.3 Å². The summed E-state index contributed by atoms with van der Waals surface area (Å²) in [6.45, 7) is 3.77. The monoisotopic (exact) mass is 1150 g/mol. The van der Waals surface area contributed by atoms with Gasteiger partial charge in [0.05, 0.1) is 25.4 Å². The Bertz CT molecular complexity index is 1480. The largest absolute Gasteiger partial charge is 0.394 e. The third-order valence-corrected chi connectivity index (χ3v) is 16.9. The highest BCUT2D eigenvalue weighted by molar-refractivity contribution is 5.76. The zero-order chi connectivity index (χ0) is 59.3. The molecule has 1 rings (SSSR count). The average Bonchev–Trinajstić information content (AvgIpc) is 3.52. The van der Waals surface area contributed by atoms with Gasteiger partial charge in [-0.3, -0.25) is 4.79 Å². The molecule has 7 unspecified atom stereocenters. The molecular weight excluding hydrogens is 1020 g/mol. The lowest BCUT2D eigenvalue weighted by molar-refractivity contribution is -0.302. The van der Waals surface area contributed by atoms with Crippen molar-refractivity contribution in [1.29, 1.82) is 0 Å². The van der Waals surface area contributed by atoms with Crippen LogP contribution in [0.15, 0.2) is 60.8 Å². The molecule has 82 heavy (non-hydrogen) atoms. The molecule has 1 fully saturated rings. The number of hydrogen-bond acceptors (Lipinski definition) is 8. The van der Waals surface area contributed by atoms with E-state index in [0.717, 1.165) is 70.6 Å². The zero-order valence-electron chi connectivity index (χ0n) is 53.8. The molecule has 0 aromatic rings. The first-order chi connectivity index (χ1) is 40.3. The van der Waals surface area contributed by atoms with Crippen molar-refractivity contribution in [2.45, 2.75) is 384 Å². The Morgan fingerprint density at radius 1 is 0.427 bits per heavy atom. The Morgan fingerprint density at radius 3 is 1.12 bits per heavy atom. The van der Waals surface area contributed by atoms with E-state index in [1.165, 1.54) is 244 Å². The van der Waals surface area contributed by atoms with Crippen LogP contribution in [0.4, 0.5) is 0 Å². The summed E-state index contributed by atoms with van der Waals surface area (Å²) in [7, 11) is 0. The number of carbonyl (C=O) groups is 1. The van der Waals surface area contributed by atoms with E-state index in [2.05, 4.69) is 79.9 Å². The van der Waals surface area contributed by atoms with Crippen LogP contribution in [0.5, 0.6) is 0 Å². The summed E-state index contributed by atoms with van der Waals surface area (Å²) in [6.07, 6.45) is 78.7. The standard InChI is InChI=1S/C73H135NO8/c1-3-5-7-9-11-13-15-17-19-21-23-25-26-27-28-29-30-31-32-33-34-35-36-37-38-39-40-41-42-43-45-47-49-51-53-55-57-59-61-63-69(77)74-66(65-81-73-72(80)71(79)70(78)68(64-75)82-73)67(76)62-60-58-56-54-52-50-48-46-44-24-22-20-18-16-14-12-10-8-6-4-2/h5,7,11,13,17,19,23,25,27-28,66-68,70-73,75-76,78-80H,3-4,6,8-10,12,14-16,18,20-22,24,26,29-65H2,1-2H3,(H,74,77)/b7-5-,13-11-,19-17-,25-23-,28-27-. The van der Waals surface area contributed by atoms with Gasteiger partial charge in [-0.15, -0.1) is 0 Å². The van der Waals surface area contributed by atoms with Crippen LogP contribution in [0.25, 0.3) is 0 Å². The SMILES string of the molecule is CC/C=C\C/C=C\C/C=C\C/C=C\C/C=C\CCCCCCCCCCCCCCCCCCCCCCCCCC(=O)NC(COC1OC(CO)C(O)C(O)C1O)C(O)CCCCCCCCCCCCCCCCCCCCCC. The van der Waals surface area contributed by atoms with Crippen molar-refractivity contribution in [2.75, 3.05) is 13.2 Å². The topological polar surface area (TPSA) is 149 Å². The highest BCUT2D eigenvalue weighted by Crippen LogP contribution is 2.24. The molecule has 0 spiro atoms. The summed E-state index contributed by atoms with van der Waals surface area (Å²) in [5.41, 5.74) is 0. The molecule has 1 aliphatic rings.